The first-order chi connectivity index (χ1) is 17.4. The lowest BCUT2D eigenvalue weighted by atomic mass is 10.1. The Morgan fingerprint density at radius 1 is 1.17 bits per heavy atom. The van der Waals surface area contributed by atoms with Crippen LogP contribution in [0.25, 0.3) is 33.2 Å². The van der Waals surface area contributed by atoms with E-state index in [9.17, 15) is 4.79 Å². The summed E-state index contributed by atoms with van der Waals surface area (Å²) in [6.45, 7) is 2.87. The molecule has 10 nitrogen and oxygen atoms in total. The summed E-state index contributed by atoms with van der Waals surface area (Å²) >= 11 is 0. The molecule has 0 aliphatic rings. The van der Waals surface area contributed by atoms with Crippen molar-refractivity contribution >= 4 is 33.4 Å². The van der Waals surface area contributed by atoms with Crippen molar-refractivity contribution in [3.63, 3.8) is 0 Å². The standard InChI is InChI=1S/C26H28N8O2/c1-5-23-28-11-17(34(23)3)13-33(2)26(35)24-18-8-15(14-36-4)6-7-21(18)30-25(31-24)16-9-20(27)19-12-29-32-22(19)10-16/h6-12H,5,13-14,27H2,1-4H3,(H,29,32). The van der Waals surface area contributed by atoms with Crippen LogP contribution in [0.4, 0.5) is 5.69 Å². The number of nitrogens with two attached hydrogens (primary N) is 1. The van der Waals surface area contributed by atoms with Gasteiger partial charge in [-0.15, -0.1) is 0 Å². The summed E-state index contributed by atoms with van der Waals surface area (Å²) < 4.78 is 7.32. The van der Waals surface area contributed by atoms with Crippen molar-refractivity contribution in [2.75, 3.05) is 19.9 Å². The molecule has 5 rings (SSSR count). The van der Waals surface area contributed by atoms with Crippen molar-refractivity contribution in [2.45, 2.75) is 26.5 Å². The van der Waals surface area contributed by atoms with E-state index in [1.165, 1.54) is 0 Å². The Bertz CT molecular complexity index is 1590. The van der Waals surface area contributed by atoms with E-state index in [2.05, 4.69) is 22.1 Å². The largest absolute Gasteiger partial charge is 0.398 e. The molecule has 0 bridgehead atoms. The summed E-state index contributed by atoms with van der Waals surface area (Å²) in [7, 11) is 5.37. The number of methoxy groups -OCH3 is 1. The molecule has 0 aliphatic carbocycles. The highest BCUT2D eigenvalue weighted by atomic mass is 16.5. The number of H-pyrrole nitrogens is 1. The number of nitrogens with zero attached hydrogens (tertiary/aromatic N) is 6. The number of hydrogen-bond acceptors (Lipinski definition) is 7. The smallest absolute Gasteiger partial charge is 0.273 e. The van der Waals surface area contributed by atoms with Gasteiger partial charge in [0, 0.05) is 49.6 Å². The van der Waals surface area contributed by atoms with E-state index in [1.807, 2.05) is 42.1 Å². The van der Waals surface area contributed by atoms with Crippen molar-refractivity contribution < 1.29 is 9.53 Å². The minimum Gasteiger partial charge on any atom is -0.398 e. The zero-order valence-corrected chi connectivity index (χ0v) is 20.7. The molecule has 0 spiro atoms. The maximum Gasteiger partial charge on any atom is 0.273 e. The molecule has 10 heteroatoms. The number of hydrogen-bond donors (Lipinski definition) is 2. The molecule has 0 radical (unpaired) electrons. The molecule has 2 aromatic carbocycles. The Kier molecular flexibility index (Phi) is 6.11. The minimum absolute atomic E-state index is 0.215. The van der Waals surface area contributed by atoms with Gasteiger partial charge in [-0.25, -0.2) is 15.0 Å². The maximum absolute atomic E-state index is 13.8. The number of aryl methyl sites for hydroxylation is 1. The van der Waals surface area contributed by atoms with E-state index in [0.29, 0.717) is 46.8 Å². The van der Waals surface area contributed by atoms with Gasteiger partial charge in [0.15, 0.2) is 5.82 Å². The maximum atomic E-state index is 13.8. The van der Waals surface area contributed by atoms with E-state index >= 15 is 0 Å². The van der Waals surface area contributed by atoms with E-state index in [4.69, 9.17) is 20.4 Å². The van der Waals surface area contributed by atoms with Gasteiger partial charge in [-0.3, -0.25) is 9.89 Å². The molecular weight excluding hydrogens is 456 g/mol. The van der Waals surface area contributed by atoms with E-state index in [-0.39, 0.29) is 5.91 Å². The highest BCUT2D eigenvalue weighted by Gasteiger charge is 2.21. The number of carbonyl (C=O) groups is 1. The summed E-state index contributed by atoms with van der Waals surface area (Å²) in [5, 5.41) is 8.50. The lowest BCUT2D eigenvalue weighted by Gasteiger charge is -2.19. The Morgan fingerprint density at radius 3 is 2.75 bits per heavy atom. The monoisotopic (exact) mass is 484 g/mol. The number of amides is 1. The van der Waals surface area contributed by atoms with Crippen LogP contribution in [0, 0.1) is 0 Å². The number of aromatic amines is 1. The molecule has 0 unspecified atom stereocenters. The van der Waals surface area contributed by atoms with Gasteiger partial charge < -0.3 is 19.9 Å². The lowest BCUT2D eigenvalue weighted by molar-refractivity contribution is 0.0778. The highest BCUT2D eigenvalue weighted by Crippen LogP contribution is 2.29. The van der Waals surface area contributed by atoms with Gasteiger partial charge in [-0.1, -0.05) is 13.0 Å². The number of imidazole rings is 1. The highest BCUT2D eigenvalue weighted by molar-refractivity contribution is 6.05. The van der Waals surface area contributed by atoms with Crippen LogP contribution in [0.3, 0.4) is 0 Å². The molecule has 184 valence electrons. The summed E-state index contributed by atoms with van der Waals surface area (Å²) in [6.07, 6.45) is 4.31. The molecular formula is C26H28N8O2. The Balaban J connectivity index is 1.61. The van der Waals surface area contributed by atoms with Crippen molar-refractivity contribution in [1.82, 2.24) is 34.6 Å². The van der Waals surface area contributed by atoms with Crippen molar-refractivity contribution in [2.24, 2.45) is 7.05 Å². The SMILES string of the molecule is CCc1ncc(CN(C)C(=O)c2nc(-c3cc(N)c4cn[nH]c4c3)nc3ccc(COC)cc23)n1C. The van der Waals surface area contributed by atoms with E-state index in [0.717, 1.165) is 34.4 Å². The second-order valence-corrected chi connectivity index (χ2v) is 8.82. The number of anilines is 1. The van der Waals surface area contributed by atoms with E-state index in [1.54, 1.807) is 31.3 Å². The van der Waals surface area contributed by atoms with Gasteiger partial charge in [-0.2, -0.15) is 5.10 Å². The fourth-order valence-corrected chi connectivity index (χ4v) is 4.39. The predicted octanol–water partition coefficient (Wildman–Crippen LogP) is 3.47. The van der Waals surface area contributed by atoms with Crippen LogP contribution in [0.15, 0.2) is 42.7 Å². The molecule has 0 fully saturated rings. The number of rotatable bonds is 7. The number of nitrogen functional groups attached to an aromatic ring is 1. The number of fused-ring (bicyclic) bond motifs is 2. The van der Waals surface area contributed by atoms with Crippen LogP contribution in [0.2, 0.25) is 0 Å². The van der Waals surface area contributed by atoms with Crippen LogP contribution in [0.1, 0.15) is 34.5 Å². The molecule has 0 saturated heterocycles. The number of aromatic nitrogens is 6. The number of carbonyl (C=O) groups excluding carboxylic acids is 1. The molecule has 1 amide bonds. The first-order valence-electron chi connectivity index (χ1n) is 11.7. The zero-order chi connectivity index (χ0) is 25.4. The van der Waals surface area contributed by atoms with Gasteiger partial charge in [0.1, 0.15) is 11.5 Å². The Hall–Kier alpha value is -4.31. The average Bonchev–Trinajstić information content (AvgIpc) is 3.50. The van der Waals surface area contributed by atoms with Crippen LogP contribution in [-0.4, -0.2) is 54.7 Å². The third kappa shape index (κ3) is 4.16. The third-order valence-electron chi connectivity index (χ3n) is 6.37. The van der Waals surface area contributed by atoms with Crippen molar-refractivity contribution in [1.29, 1.82) is 0 Å². The van der Waals surface area contributed by atoms with Gasteiger partial charge in [-0.05, 0) is 29.8 Å². The molecule has 3 heterocycles. The van der Waals surface area contributed by atoms with Gasteiger partial charge in [0.2, 0.25) is 0 Å². The van der Waals surface area contributed by atoms with Gasteiger partial charge in [0.25, 0.3) is 5.91 Å². The molecule has 5 aromatic rings. The quantitative estimate of drug-likeness (QED) is 0.339. The van der Waals surface area contributed by atoms with Gasteiger partial charge >= 0.3 is 0 Å². The minimum atomic E-state index is -0.215. The Labute approximate surface area is 208 Å². The number of nitrogens with one attached hydrogen (secondary N) is 1. The second-order valence-electron chi connectivity index (χ2n) is 8.82. The predicted molar refractivity (Wildman–Crippen MR) is 138 cm³/mol. The van der Waals surface area contributed by atoms with Crippen LogP contribution in [0.5, 0.6) is 0 Å². The second kappa shape index (κ2) is 9.38. The first-order valence-corrected chi connectivity index (χ1v) is 11.7. The topological polar surface area (TPSA) is 128 Å². The third-order valence-corrected chi connectivity index (χ3v) is 6.37. The fourth-order valence-electron chi connectivity index (χ4n) is 4.39. The molecule has 3 N–H and O–H groups in total. The van der Waals surface area contributed by atoms with E-state index < -0.39 is 0 Å². The summed E-state index contributed by atoms with van der Waals surface area (Å²) in [6, 6.07) is 9.43. The summed E-state index contributed by atoms with van der Waals surface area (Å²) in [5.74, 6) is 1.17. The van der Waals surface area contributed by atoms with Crippen LogP contribution < -0.4 is 5.73 Å². The molecule has 0 saturated carbocycles. The first kappa shape index (κ1) is 23.4. The van der Waals surface area contributed by atoms with Crippen molar-refractivity contribution in [3.8, 4) is 11.4 Å². The average molecular weight is 485 g/mol. The van der Waals surface area contributed by atoms with Gasteiger partial charge in [0.05, 0.1) is 42.3 Å². The number of ether oxygens (including phenoxy) is 1. The lowest BCUT2D eigenvalue weighted by Crippen LogP contribution is -2.28. The molecule has 0 atom stereocenters. The van der Waals surface area contributed by atoms with Crippen LogP contribution in [-0.2, 0) is 31.4 Å². The number of benzene rings is 2. The normalized spacial score (nSPS) is 11.4. The summed E-state index contributed by atoms with van der Waals surface area (Å²) in [5.41, 5.74) is 11.1. The van der Waals surface area contributed by atoms with Crippen molar-refractivity contribution in [3.05, 3.63) is 65.5 Å². The molecule has 36 heavy (non-hydrogen) atoms. The fraction of sp³-hybridized carbons (Fsp3) is 0.269. The van der Waals surface area contributed by atoms with Crippen LogP contribution >= 0.6 is 0 Å². The molecule has 0 aliphatic heterocycles. The molecule has 3 aromatic heterocycles. The Morgan fingerprint density at radius 2 is 2.00 bits per heavy atom. The summed E-state index contributed by atoms with van der Waals surface area (Å²) in [4.78, 5) is 29.4. The zero-order valence-electron chi connectivity index (χ0n) is 20.7.